The lowest BCUT2D eigenvalue weighted by Gasteiger charge is -2.33. The standard InChI is InChI=1S/C14H22N2O2/c1-9-7-12(17-3)13(18-4)8-11(9)14-10(2)15-5-6-16-14/h7-8,10,14-16H,5-6H2,1-4H3. The minimum atomic E-state index is 0.318. The number of hydrogen-bond acceptors (Lipinski definition) is 4. The van der Waals surface area contributed by atoms with Crippen molar-refractivity contribution in [3.63, 3.8) is 0 Å². The molecule has 2 N–H and O–H groups in total. The number of aryl methyl sites for hydroxylation is 1. The van der Waals surface area contributed by atoms with Crippen LogP contribution in [-0.2, 0) is 0 Å². The summed E-state index contributed by atoms with van der Waals surface area (Å²) in [6.07, 6.45) is 0. The van der Waals surface area contributed by atoms with Crippen LogP contribution in [0.3, 0.4) is 0 Å². The highest BCUT2D eigenvalue weighted by Gasteiger charge is 2.24. The molecule has 100 valence electrons. The molecule has 1 aliphatic heterocycles. The van der Waals surface area contributed by atoms with Crippen molar-refractivity contribution < 1.29 is 9.47 Å². The van der Waals surface area contributed by atoms with E-state index in [1.807, 2.05) is 6.07 Å². The first kappa shape index (κ1) is 13.2. The Morgan fingerprint density at radius 1 is 1.06 bits per heavy atom. The van der Waals surface area contributed by atoms with Crippen molar-refractivity contribution in [2.24, 2.45) is 0 Å². The third-order valence-corrected chi connectivity index (χ3v) is 3.56. The highest BCUT2D eigenvalue weighted by molar-refractivity contribution is 5.48. The van der Waals surface area contributed by atoms with E-state index in [2.05, 4.69) is 30.5 Å². The quantitative estimate of drug-likeness (QED) is 0.856. The first-order valence-electron chi connectivity index (χ1n) is 6.36. The van der Waals surface area contributed by atoms with Crippen LogP contribution in [0.25, 0.3) is 0 Å². The zero-order valence-corrected chi connectivity index (χ0v) is 11.5. The predicted molar refractivity (Wildman–Crippen MR) is 72.5 cm³/mol. The summed E-state index contributed by atoms with van der Waals surface area (Å²) >= 11 is 0. The number of piperazine rings is 1. The lowest BCUT2D eigenvalue weighted by molar-refractivity contribution is 0.336. The van der Waals surface area contributed by atoms with Gasteiger partial charge in [-0.15, -0.1) is 0 Å². The molecule has 0 bridgehead atoms. The van der Waals surface area contributed by atoms with Crippen LogP contribution in [0.15, 0.2) is 12.1 Å². The summed E-state index contributed by atoms with van der Waals surface area (Å²) < 4.78 is 10.7. The van der Waals surface area contributed by atoms with Gasteiger partial charge in [-0.3, -0.25) is 0 Å². The Bertz CT molecular complexity index is 421. The van der Waals surface area contributed by atoms with Gasteiger partial charge in [-0.2, -0.15) is 0 Å². The molecule has 4 heteroatoms. The van der Waals surface area contributed by atoms with Crippen LogP contribution in [0, 0.1) is 6.92 Å². The fourth-order valence-corrected chi connectivity index (χ4v) is 2.53. The Morgan fingerprint density at radius 2 is 1.67 bits per heavy atom. The Morgan fingerprint density at radius 3 is 2.28 bits per heavy atom. The van der Waals surface area contributed by atoms with Gasteiger partial charge in [0.2, 0.25) is 0 Å². The molecule has 1 aliphatic rings. The van der Waals surface area contributed by atoms with Gasteiger partial charge in [-0.05, 0) is 37.1 Å². The van der Waals surface area contributed by atoms with E-state index >= 15 is 0 Å². The molecule has 1 saturated heterocycles. The predicted octanol–water partition coefficient (Wildman–Crippen LogP) is 1.63. The van der Waals surface area contributed by atoms with E-state index in [1.165, 1.54) is 11.1 Å². The molecule has 0 amide bonds. The number of methoxy groups -OCH3 is 2. The van der Waals surface area contributed by atoms with Gasteiger partial charge in [0, 0.05) is 25.2 Å². The van der Waals surface area contributed by atoms with Crippen molar-refractivity contribution in [3.8, 4) is 11.5 Å². The minimum absolute atomic E-state index is 0.318. The van der Waals surface area contributed by atoms with Gasteiger partial charge in [0.15, 0.2) is 11.5 Å². The Balaban J connectivity index is 2.37. The SMILES string of the molecule is COc1cc(C)c(C2NCCNC2C)cc1OC. The lowest BCUT2D eigenvalue weighted by atomic mass is 9.94. The first-order chi connectivity index (χ1) is 8.67. The fraction of sp³-hybridized carbons (Fsp3) is 0.571. The largest absolute Gasteiger partial charge is 0.493 e. The van der Waals surface area contributed by atoms with Crippen LogP contribution in [0.1, 0.15) is 24.1 Å². The van der Waals surface area contributed by atoms with E-state index in [0.29, 0.717) is 12.1 Å². The van der Waals surface area contributed by atoms with Crippen molar-refractivity contribution in [3.05, 3.63) is 23.3 Å². The van der Waals surface area contributed by atoms with Crippen LogP contribution < -0.4 is 20.1 Å². The average molecular weight is 250 g/mol. The molecule has 2 unspecified atom stereocenters. The van der Waals surface area contributed by atoms with Crippen molar-refractivity contribution in [2.45, 2.75) is 25.9 Å². The van der Waals surface area contributed by atoms with Crippen LogP contribution in [-0.4, -0.2) is 33.4 Å². The average Bonchev–Trinajstić information content (AvgIpc) is 2.39. The van der Waals surface area contributed by atoms with Crippen LogP contribution >= 0.6 is 0 Å². The van der Waals surface area contributed by atoms with E-state index < -0.39 is 0 Å². The third kappa shape index (κ3) is 2.44. The molecule has 4 nitrogen and oxygen atoms in total. The molecule has 2 rings (SSSR count). The van der Waals surface area contributed by atoms with Gasteiger partial charge >= 0.3 is 0 Å². The maximum Gasteiger partial charge on any atom is 0.161 e. The maximum absolute atomic E-state index is 5.38. The molecule has 1 fully saturated rings. The van der Waals surface area contributed by atoms with Crippen molar-refractivity contribution in [1.82, 2.24) is 10.6 Å². The molecule has 18 heavy (non-hydrogen) atoms. The van der Waals surface area contributed by atoms with Crippen molar-refractivity contribution >= 4 is 0 Å². The zero-order chi connectivity index (χ0) is 13.1. The summed E-state index contributed by atoms with van der Waals surface area (Å²) in [7, 11) is 3.34. The van der Waals surface area contributed by atoms with Crippen molar-refractivity contribution in [2.75, 3.05) is 27.3 Å². The van der Waals surface area contributed by atoms with Crippen LogP contribution in [0.5, 0.6) is 11.5 Å². The van der Waals surface area contributed by atoms with Gasteiger partial charge in [0.1, 0.15) is 0 Å². The topological polar surface area (TPSA) is 42.5 Å². The van der Waals surface area contributed by atoms with Gasteiger partial charge < -0.3 is 20.1 Å². The van der Waals surface area contributed by atoms with E-state index in [4.69, 9.17) is 9.47 Å². The summed E-state index contributed by atoms with van der Waals surface area (Å²) in [6.45, 7) is 6.32. The minimum Gasteiger partial charge on any atom is -0.493 e. The second-order valence-electron chi connectivity index (χ2n) is 4.74. The van der Waals surface area contributed by atoms with E-state index in [-0.39, 0.29) is 0 Å². The van der Waals surface area contributed by atoms with Crippen LogP contribution in [0.2, 0.25) is 0 Å². The number of nitrogens with one attached hydrogen (secondary N) is 2. The summed E-state index contributed by atoms with van der Waals surface area (Å²) in [4.78, 5) is 0. The van der Waals surface area contributed by atoms with E-state index in [0.717, 1.165) is 24.6 Å². The molecule has 1 aromatic carbocycles. The highest BCUT2D eigenvalue weighted by Crippen LogP contribution is 2.34. The molecule has 0 saturated carbocycles. The number of rotatable bonds is 3. The van der Waals surface area contributed by atoms with Gasteiger partial charge in [-0.25, -0.2) is 0 Å². The summed E-state index contributed by atoms with van der Waals surface area (Å²) in [5, 5.41) is 7.05. The highest BCUT2D eigenvalue weighted by atomic mass is 16.5. The zero-order valence-electron chi connectivity index (χ0n) is 11.5. The Kier molecular flexibility index (Phi) is 4.09. The second kappa shape index (κ2) is 5.59. The normalized spacial score (nSPS) is 23.8. The molecule has 0 aromatic heterocycles. The number of hydrogen-bond donors (Lipinski definition) is 2. The first-order valence-corrected chi connectivity index (χ1v) is 6.36. The van der Waals surface area contributed by atoms with E-state index in [1.54, 1.807) is 14.2 Å². The third-order valence-electron chi connectivity index (χ3n) is 3.56. The molecule has 0 spiro atoms. The molecule has 0 aliphatic carbocycles. The molecule has 2 atom stereocenters. The number of benzene rings is 1. The van der Waals surface area contributed by atoms with Crippen molar-refractivity contribution in [1.29, 1.82) is 0 Å². The van der Waals surface area contributed by atoms with Crippen LogP contribution in [0.4, 0.5) is 0 Å². The Hall–Kier alpha value is -1.26. The molecular weight excluding hydrogens is 228 g/mol. The Labute approximate surface area is 109 Å². The fourth-order valence-electron chi connectivity index (χ4n) is 2.53. The maximum atomic E-state index is 5.38. The second-order valence-corrected chi connectivity index (χ2v) is 4.74. The number of ether oxygens (including phenoxy) is 2. The smallest absolute Gasteiger partial charge is 0.161 e. The lowest BCUT2D eigenvalue weighted by Crippen LogP contribution is -2.49. The van der Waals surface area contributed by atoms with Gasteiger partial charge in [0.05, 0.1) is 14.2 Å². The molecule has 1 aromatic rings. The summed E-state index contributed by atoms with van der Waals surface area (Å²) in [5.41, 5.74) is 2.49. The molecular formula is C14H22N2O2. The molecule has 1 heterocycles. The monoisotopic (exact) mass is 250 g/mol. The molecule has 0 radical (unpaired) electrons. The summed E-state index contributed by atoms with van der Waals surface area (Å²) in [6, 6.07) is 4.85. The van der Waals surface area contributed by atoms with E-state index in [9.17, 15) is 0 Å². The summed E-state index contributed by atoms with van der Waals surface area (Å²) in [5.74, 6) is 1.58. The van der Waals surface area contributed by atoms with Gasteiger partial charge in [0.25, 0.3) is 0 Å². The van der Waals surface area contributed by atoms with Gasteiger partial charge in [-0.1, -0.05) is 0 Å².